The van der Waals surface area contributed by atoms with E-state index in [0.29, 0.717) is 18.7 Å². The molecule has 0 spiro atoms. The maximum atomic E-state index is 12.6. The summed E-state index contributed by atoms with van der Waals surface area (Å²) in [6, 6.07) is 12.3. The Balaban J connectivity index is 1.68. The number of rotatable bonds is 3. The van der Waals surface area contributed by atoms with E-state index in [1.54, 1.807) is 17.0 Å². The van der Waals surface area contributed by atoms with Gasteiger partial charge in [0.1, 0.15) is 0 Å². The third kappa shape index (κ3) is 3.63. The van der Waals surface area contributed by atoms with Gasteiger partial charge in [-0.3, -0.25) is 14.9 Å². The van der Waals surface area contributed by atoms with Gasteiger partial charge in [0.25, 0.3) is 11.6 Å². The predicted octanol–water partition coefficient (Wildman–Crippen LogP) is 3.17. The smallest absolute Gasteiger partial charge is 0.270 e. The molecule has 1 aliphatic rings. The van der Waals surface area contributed by atoms with Crippen LogP contribution in [0.3, 0.4) is 0 Å². The molecule has 1 amide bonds. The second-order valence-corrected chi connectivity index (χ2v) is 6.38. The first-order valence-corrected chi connectivity index (χ1v) is 8.31. The molecule has 6 heteroatoms. The van der Waals surface area contributed by atoms with Crippen LogP contribution in [0.5, 0.6) is 0 Å². The van der Waals surface area contributed by atoms with E-state index in [9.17, 15) is 14.9 Å². The molecule has 0 radical (unpaired) electrons. The second kappa shape index (κ2) is 6.93. The normalized spacial score (nSPS) is 14.5. The van der Waals surface area contributed by atoms with E-state index in [1.807, 2.05) is 0 Å². The first-order valence-electron chi connectivity index (χ1n) is 8.31. The lowest BCUT2D eigenvalue weighted by molar-refractivity contribution is -0.384. The van der Waals surface area contributed by atoms with E-state index in [0.717, 1.165) is 13.1 Å². The number of nitro groups is 1. The van der Waals surface area contributed by atoms with Crippen LogP contribution < -0.4 is 4.90 Å². The first kappa shape index (κ1) is 17.0. The Morgan fingerprint density at radius 1 is 1.04 bits per heavy atom. The Hall–Kier alpha value is -2.89. The minimum absolute atomic E-state index is 0.0558. The zero-order valence-corrected chi connectivity index (χ0v) is 14.4. The van der Waals surface area contributed by atoms with Crippen LogP contribution in [0.25, 0.3) is 0 Å². The van der Waals surface area contributed by atoms with Crippen molar-refractivity contribution in [3.05, 3.63) is 69.3 Å². The highest BCUT2D eigenvalue weighted by Crippen LogP contribution is 2.23. The monoisotopic (exact) mass is 339 g/mol. The van der Waals surface area contributed by atoms with Gasteiger partial charge in [-0.15, -0.1) is 0 Å². The molecule has 2 aromatic rings. The fourth-order valence-electron chi connectivity index (χ4n) is 3.25. The number of carbonyl (C=O) groups is 1. The Kier molecular flexibility index (Phi) is 4.70. The molecule has 1 aliphatic heterocycles. The van der Waals surface area contributed by atoms with E-state index in [4.69, 9.17) is 0 Å². The highest BCUT2D eigenvalue weighted by Gasteiger charge is 2.24. The van der Waals surface area contributed by atoms with Crippen LogP contribution >= 0.6 is 0 Å². The topological polar surface area (TPSA) is 66.7 Å². The zero-order valence-electron chi connectivity index (χ0n) is 14.4. The predicted molar refractivity (Wildman–Crippen MR) is 97.1 cm³/mol. The van der Waals surface area contributed by atoms with Crippen LogP contribution in [0.15, 0.2) is 42.5 Å². The average molecular weight is 339 g/mol. The minimum Gasteiger partial charge on any atom is -0.368 e. The Labute approximate surface area is 146 Å². The summed E-state index contributed by atoms with van der Waals surface area (Å²) in [4.78, 5) is 27.1. The molecule has 0 aromatic heterocycles. The van der Waals surface area contributed by atoms with Gasteiger partial charge in [-0.05, 0) is 31.5 Å². The molecule has 0 unspecified atom stereocenters. The summed E-state index contributed by atoms with van der Waals surface area (Å²) < 4.78 is 0. The first-order chi connectivity index (χ1) is 12.0. The van der Waals surface area contributed by atoms with E-state index in [-0.39, 0.29) is 11.6 Å². The van der Waals surface area contributed by atoms with Crippen LogP contribution in [0.2, 0.25) is 0 Å². The van der Waals surface area contributed by atoms with E-state index < -0.39 is 4.92 Å². The van der Waals surface area contributed by atoms with Gasteiger partial charge in [0, 0.05) is 49.6 Å². The molecule has 0 saturated carbocycles. The van der Waals surface area contributed by atoms with Crippen molar-refractivity contribution in [2.75, 3.05) is 31.1 Å². The summed E-state index contributed by atoms with van der Waals surface area (Å²) in [5.74, 6) is -0.149. The van der Waals surface area contributed by atoms with Crippen LogP contribution in [0.4, 0.5) is 11.4 Å². The summed E-state index contributed by atoms with van der Waals surface area (Å²) in [5.41, 5.74) is 3.99. The molecule has 6 nitrogen and oxygen atoms in total. The van der Waals surface area contributed by atoms with Crippen molar-refractivity contribution in [1.29, 1.82) is 0 Å². The van der Waals surface area contributed by atoms with Gasteiger partial charge in [-0.1, -0.05) is 23.8 Å². The van der Waals surface area contributed by atoms with Crippen molar-refractivity contribution in [2.24, 2.45) is 0 Å². The second-order valence-electron chi connectivity index (χ2n) is 6.38. The largest absolute Gasteiger partial charge is 0.368 e. The lowest BCUT2D eigenvalue weighted by atomic mass is 10.1. The fourth-order valence-corrected chi connectivity index (χ4v) is 3.25. The lowest BCUT2D eigenvalue weighted by Crippen LogP contribution is -2.49. The zero-order chi connectivity index (χ0) is 18.0. The van der Waals surface area contributed by atoms with Gasteiger partial charge in [0.05, 0.1) is 4.92 Å². The Morgan fingerprint density at radius 3 is 2.40 bits per heavy atom. The number of hydrogen-bond donors (Lipinski definition) is 0. The number of amides is 1. The van der Waals surface area contributed by atoms with E-state index in [1.165, 1.54) is 28.9 Å². The number of nitrogens with zero attached hydrogens (tertiary/aromatic N) is 3. The van der Waals surface area contributed by atoms with Gasteiger partial charge in [0.2, 0.25) is 0 Å². The molecule has 25 heavy (non-hydrogen) atoms. The van der Waals surface area contributed by atoms with Gasteiger partial charge in [0.15, 0.2) is 0 Å². The molecule has 0 atom stereocenters. The lowest BCUT2D eigenvalue weighted by Gasteiger charge is -2.37. The van der Waals surface area contributed by atoms with Crippen LogP contribution in [0.1, 0.15) is 21.5 Å². The molecule has 2 aromatic carbocycles. The molecular formula is C19H21N3O3. The molecule has 0 aliphatic carbocycles. The highest BCUT2D eigenvalue weighted by molar-refractivity contribution is 5.95. The standard InChI is InChI=1S/C19H21N3O3/c1-14-6-7-18(15(2)12-14)20-8-10-21(11-9-20)19(23)16-4-3-5-17(13-16)22(24)25/h3-7,12-13H,8-11H2,1-2H3. The van der Waals surface area contributed by atoms with Crippen LogP contribution in [-0.2, 0) is 0 Å². The number of nitro benzene ring substituents is 1. The number of hydrogen-bond acceptors (Lipinski definition) is 4. The molecule has 130 valence electrons. The van der Waals surface area contributed by atoms with Gasteiger partial charge < -0.3 is 9.80 Å². The van der Waals surface area contributed by atoms with Gasteiger partial charge in [-0.2, -0.15) is 0 Å². The van der Waals surface area contributed by atoms with Crippen molar-refractivity contribution in [2.45, 2.75) is 13.8 Å². The van der Waals surface area contributed by atoms with Crippen LogP contribution in [0, 0.1) is 24.0 Å². The van der Waals surface area contributed by atoms with Gasteiger partial charge >= 0.3 is 0 Å². The quantitative estimate of drug-likeness (QED) is 0.636. The summed E-state index contributed by atoms with van der Waals surface area (Å²) in [6.45, 7) is 6.90. The Morgan fingerprint density at radius 2 is 1.76 bits per heavy atom. The number of non-ortho nitro benzene ring substituents is 1. The maximum absolute atomic E-state index is 12.6. The summed E-state index contributed by atoms with van der Waals surface area (Å²) in [7, 11) is 0. The van der Waals surface area contributed by atoms with Gasteiger partial charge in [-0.25, -0.2) is 0 Å². The molecule has 1 fully saturated rings. The number of carbonyl (C=O) groups excluding carboxylic acids is 1. The average Bonchev–Trinajstić information content (AvgIpc) is 2.61. The van der Waals surface area contributed by atoms with Crippen molar-refractivity contribution < 1.29 is 9.72 Å². The summed E-state index contributed by atoms with van der Waals surface area (Å²) >= 11 is 0. The maximum Gasteiger partial charge on any atom is 0.270 e. The van der Waals surface area contributed by atoms with Crippen molar-refractivity contribution in [3.8, 4) is 0 Å². The molecular weight excluding hydrogens is 318 g/mol. The minimum atomic E-state index is -0.477. The molecule has 0 bridgehead atoms. The summed E-state index contributed by atoms with van der Waals surface area (Å²) in [6.07, 6.45) is 0. The van der Waals surface area contributed by atoms with E-state index >= 15 is 0 Å². The van der Waals surface area contributed by atoms with Crippen LogP contribution in [-0.4, -0.2) is 41.9 Å². The molecule has 3 rings (SSSR count). The van der Waals surface area contributed by atoms with Crippen molar-refractivity contribution >= 4 is 17.3 Å². The fraction of sp³-hybridized carbons (Fsp3) is 0.316. The number of benzene rings is 2. The third-order valence-corrected chi connectivity index (χ3v) is 4.56. The third-order valence-electron chi connectivity index (χ3n) is 4.56. The SMILES string of the molecule is Cc1ccc(N2CCN(C(=O)c3cccc([N+](=O)[O-])c3)CC2)c(C)c1. The van der Waals surface area contributed by atoms with E-state index in [2.05, 4.69) is 36.9 Å². The summed E-state index contributed by atoms with van der Waals surface area (Å²) in [5, 5.41) is 10.9. The van der Waals surface area contributed by atoms with Crippen molar-refractivity contribution in [1.82, 2.24) is 4.90 Å². The number of anilines is 1. The molecule has 1 heterocycles. The Bertz CT molecular complexity index is 811. The molecule has 0 N–H and O–H groups in total. The number of aryl methyl sites for hydroxylation is 2. The highest BCUT2D eigenvalue weighted by atomic mass is 16.6. The molecule has 1 saturated heterocycles. The number of piperazine rings is 1. The van der Waals surface area contributed by atoms with Crippen molar-refractivity contribution in [3.63, 3.8) is 0 Å².